The van der Waals surface area contributed by atoms with Crippen molar-refractivity contribution in [3.8, 4) is 0 Å². The Hall–Kier alpha value is -2.39. The molecule has 4 rings (SSSR count). The lowest BCUT2D eigenvalue weighted by atomic mass is 9.76. The van der Waals surface area contributed by atoms with Crippen molar-refractivity contribution in [1.29, 1.82) is 0 Å². The van der Waals surface area contributed by atoms with Crippen LogP contribution < -0.4 is 15.4 Å². The van der Waals surface area contributed by atoms with E-state index in [2.05, 4.69) is 15.6 Å². The standard InChI is InChI=1S/C21H28N4O4S/c1-30(28,29)25-20(26)18-12-14-11-15(7-8-17(14)24-18)23-21(27)19-16(9-10-22-19)13-5-3-2-4-6-13/h7-8,11-13,16,19,22,24H,2-6,9-10H2,1H3,(H,23,27)(H,25,26)/t16-,19-/m0/s1. The molecule has 0 radical (unpaired) electrons. The van der Waals surface area contributed by atoms with Gasteiger partial charge < -0.3 is 15.6 Å². The highest BCUT2D eigenvalue weighted by Crippen LogP contribution is 2.36. The molecule has 0 bridgehead atoms. The Morgan fingerprint density at radius 3 is 2.57 bits per heavy atom. The fourth-order valence-electron chi connectivity index (χ4n) is 4.86. The van der Waals surface area contributed by atoms with E-state index in [9.17, 15) is 18.0 Å². The van der Waals surface area contributed by atoms with Crippen molar-refractivity contribution < 1.29 is 18.0 Å². The summed E-state index contributed by atoms with van der Waals surface area (Å²) in [5, 5.41) is 7.10. The molecule has 2 fully saturated rings. The molecular weight excluding hydrogens is 404 g/mol. The van der Waals surface area contributed by atoms with Crippen LogP contribution in [0.3, 0.4) is 0 Å². The van der Waals surface area contributed by atoms with Gasteiger partial charge in [-0.05, 0) is 49.1 Å². The van der Waals surface area contributed by atoms with Gasteiger partial charge in [-0.3, -0.25) is 9.59 Å². The molecule has 30 heavy (non-hydrogen) atoms. The van der Waals surface area contributed by atoms with Crippen LogP contribution in [-0.4, -0.2) is 44.1 Å². The van der Waals surface area contributed by atoms with Crippen LogP contribution in [0.2, 0.25) is 0 Å². The van der Waals surface area contributed by atoms with Crippen LogP contribution in [0.25, 0.3) is 10.9 Å². The predicted octanol–water partition coefficient (Wildman–Crippen LogP) is 2.35. The zero-order valence-corrected chi connectivity index (χ0v) is 17.8. The van der Waals surface area contributed by atoms with Gasteiger partial charge in [-0.1, -0.05) is 32.1 Å². The van der Waals surface area contributed by atoms with Crippen molar-refractivity contribution in [1.82, 2.24) is 15.0 Å². The molecule has 1 aromatic carbocycles. The van der Waals surface area contributed by atoms with Crippen molar-refractivity contribution in [3.63, 3.8) is 0 Å². The van der Waals surface area contributed by atoms with Crippen LogP contribution in [0.15, 0.2) is 24.3 Å². The highest BCUT2D eigenvalue weighted by molar-refractivity contribution is 7.89. The first-order chi connectivity index (χ1) is 14.3. The summed E-state index contributed by atoms with van der Waals surface area (Å²) in [7, 11) is -3.64. The van der Waals surface area contributed by atoms with Crippen molar-refractivity contribution in [2.24, 2.45) is 11.8 Å². The molecule has 2 amide bonds. The summed E-state index contributed by atoms with van der Waals surface area (Å²) < 4.78 is 24.5. The number of nitrogens with one attached hydrogen (secondary N) is 4. The van der Waals surface area contributed by atoms with Gasteiger partial charge in [0.15, 0.2) is 0 Å². The number of benzene rings is 1. The zero-order chi connectivity index (χ0) is 21.3. The van der Waals surface area contributed by atoms with Crippen LogP contribution in [0.1, 0.15) is 49.0 Å². The summed E-state index contributed by atoms with van der Waals surface area (Å²) in [6, 6.07) is 6.73. The summed E-state index contributed by atoms with van der Waals surface area (Å²) in [5.74, 6) is 0.262. The van der Waals surface area contributed by atoms with E-state index >= 15 is 0 Å². The smallest absolute Gasteiger partial charge is 0.281 e. The van der Waals surface area contributed by atoms with E-state index in [0.29, 0.717) is 23.0 Å². The number of rotatable bonds is 5. The Balaban J connectivity index is 1.46. The summed E-state index contributed by atoms with van der Waals surface area (Å²) in [5.41, 5.74) is 1.48. The Labute approximate surface area is 176 Å². The van der Waals surface area contributed by atoms with E-state index in [-0.39, 0.29) is 17.6 Å². The van der Waals surface area contributed by atoms with Gasteiger partial charge in [-0.15, -0.1) is 0 Å². The number of hydrogen-bond acceptors (Lipinski definition) is 5. The van der Waals surface area contributed by atoms with Crippen LogP contribution in [0, 0.1) is 11.8 Å². The lowest BCUT2D eigenvalue weighted by Crippen LogP contribution is -2.42. The molecule has 9 heteroatoms. The zero-order valence-electron chi connectivity index (χ0n) is 17.0. The van der Waals surface area contributed by atoms with Crippen molar-refractivity contribution >= 4 is 38.4 Å². The first-order valence-electron chi connectivity index (χ1n) is 10.5. The number of aromatic nitrogens is 1. The number of sulfonamides is 1. The summed E-state index contributed by atoms with van der Waals surface area (Å²) in [4.78, 5) is 27.9. The maximum Gasteiger partial charge on any atom is 0.281 e. The topological polar surface area (TPSA) is 120 Å². The number of amides is 2. The molecule has 2 aromatic rings. The molecule has 2 atom stereocenters. The maximum atomic E-state index is 13.0. The van der Waals surface area contributed by atoms with Gasteiger partial charge in [0.05, 0.1) is 12.3 Å². The molecule has 2 heterocycles. The Kier molecular flexibility index (Phi) is 5.84. The largest absolute Gasteiger partial charge is 0.350 e. The highest BCUT2D eigenvalue weighted by atomic mass is 32.2. The second-order valence-electron chi connectivity index (χ2n) is 8.46. The molecular formula is C21H28N4O4S. The van der Waals surface area contributed by atoms with Crippen molar-refractivity contribution in [2.45, 2.75) is 44.6 Å². The van der Waals surface area contributed by atoms with E-state index in [1.807, 2.05) is 4.72 Å². The maximum absolute atomic E-state index is 13.0. The molecule has 2 aliphatic rings. The molecule has 1 aliphatic heterocycles. The van der Waals surface area contributed by atoms with Gasteiger partial charge in [-0.2, -0.15) is 0 Å². The average Bonchev–Trinajstić information content (AvgIpc) is 3.34. The van der Waals surface area contributed by atoms with Crippen molar-refractivity contribution in [2.75, 3.05) is 18.1 Å². The summed E-state index contributed by atoms with van der Waals surface area (Å²) in [6.07, 6.45) is 8.21. The molecule has 1 saturated heterocycles. The SMILES string of the molecule is CS(=O)(=O)NC(=O)c1cc2cc(NC(=O)[C@H]3NCC[C@H]3C3CCCCC3)ccc2[nH]1. The van der Waals surface area contributed by atoms with Crippen molar-refractivity contribution in [3.05, 3.63) is 30.0 Å². The van der Waals surface area contributed by atoms with Crippen LogP contribution in [0.5, 0.6) is 0 Å². The number of carbonyl (C=O) groups excluding carboxylic acids is 2. The van der Waals surface area contributed by atoms with E-state index < -0.39 is 15.9 Å². The Morgan fingerprint density at radius 1 is 1.07 bits per heavy atom. The molecule has 1 aliphatic carbocycles. The second-order valence-corrected chi connectivity index (χ2v) is 10.2. The van der Waals surface area contributed by atoms with Crippen LogP contribution in [0.4, 0.5) is 5.69 Å². The van der Waals surface area contributed by atoms with Gasteiger partial charge in [0, 0.05) is 16.6 Å². The van der Waals surface area contributed by atoms with E-state index in [1.54, 1.807) is 24.3 Å². The molecule has 162 valence electrons. The Morgan fingerprint density at radius 2 is 1.83 bits per heavy atom. The number of carbonyl (C=O) groups is 2. The average molecular weight is 433 g/mol. The summed E-state index contributed by atoms with van der Waals surface area (Å²) in [6.45, 7) is 0.870. The minimum atomic E-state index is -3.64. The Bertz CT molecular complexity index is 1060. The molecule has 0 spiro atoms. The van der Waals surface area contributed by atoms with Gasteiger partial charge in [0.25, 0.3) is 5.91 Å². The van der Waals surface area contributed by atoms with Crippen LogP contribution in [-0.2, 0) is 14.8 Å². The number of aromatic amines is 1. The number of fused-ring (bicyclic) bond motifs is 1. The molecule has 0 unspecified atom stereocenters. The van der Waals surface area contributed by atoms with Gasteiger partial charge in [0.2, 0.25) is 15.9 Å². The van der Waals surface area contributed by atoms with Gasteiger partial charge in [0.1, 0.15) is 5.69 Å². The summed E-state index contributed by atoms with van der Waals surface area (Å²) >= 11 is 0. The molecule has 8 nitrogen and oxygen atoms in total. The van der Waals surface area contributed by atoms with Gasteiger partial charge >= 0.3 is 0 Å². The third-order valence-corrected chi connectivity index (χ3v) is 6.78. The van der Waals surface area contributed by atoms with E-state index in [4.69, 9.17) is 0 Å². The first kappa shape index (κ1) is 20.9. The van der Waals surface area contributed by atoms with E-state index in [0.717, 1.165) is 24.6 Å². The fourth-order valence-corrected chi connectivity index (χ4v) is 5.30. The highest BCUT2D eigenvalue weighted by Gasteiger charge is 2.38. The predicted molar refractivity (Wildman–Crippen MR) is 116 cm³/mol. The normalized spacial score (nSPS) is 22.8. The number of H-pyrrole nitrogens is 1. The van der Waals surface area contributed by atoms with E-state index in [1.165, 1.54) is 32.1 Å². The third-order valence-electron chi connectivity index (χ3n) is 6.22. The minimum Gasteiger partial charge on any atom is -0.350 e. The molecule has 1 saturated carbocycles. The van der Waals surface area contributed by atoms with Gasteiger partial charge in [-0.25, -0.2) is 13.1 Å². The lowest BCUT2D eigenvalue weighted by Gasteiger charge is -2.30. The number of anilines is 1. The fraction of sp³-hybridized carbons (Fsp3) is 0.524. The quantitative estimate of drug-likeness (QED) is 0.578. The lowest BCUT2D eigenvalue weighted by molar-refractivity contribution is -0.119. The third kappa shape index (κ3) is 4.67. The minimum absolute atomic E-state index is 0.0204. The second kappa shape index (κ2) is 8.39. The monoisotopic (exact) mass is 432 g/mol. The van der Waals surface area contributed by atoms with Crippen LogP contribution >= 0.6 is 0 Å². The first-order valence-corrected chi connectivity index (χ1v) is 12.4. The molecule has 4 N–H and O–H groups in total. The number of hydrogen-bond donors (Lipinski definition) is 4. The molecule has 1 aromatic heterocycles.